The van der Waals surface area contributed by atoms with E-state index in [0.717, 1.165) is 20.1 Å². The average Bonchev–Trinajstić information content (AvgIpc) is 2.88. The smallest absolute Gasteiger partial charge is 0.300 e. The standard InChI is InChI=1S/C28H58O.C3H8O2.C2H4O2/c1-3-5-7-9-11-13-15-17-19-21-23-25-27-29-28-26-24-22-20-18-16-14-12-10-8-6-4-2;1-3(5)2-4;1-2(3)4/h3-28H2,1-2H3;3-5H,2H2,1H3;1H3,(H,3,4). The number of carboxylic acids is 1. The zero-order valence-corrected chi connectivity index (χ0v) is 26.3. The maximum atomic E-state index is 9.00. The Labute approximate surface area is 238 Å². The van der Waals surface area contributed by atoms with Crippen molar-refractivity contribution in [1.82, 2.24) is 0 Å². The molecule has 0 aliphatic heterocycles. The Morgan fingerprint density at radius 2 is 0.737 bits per heavy atom. The Kier molecular flexibility index (Phi) is 45.0. The number of hydrogen-bond acceptors (Lipinski definition) is 4. The van der Waals surface area contributed by atoms with Crippen LogP contribution in [0.5, 0.6) is 0 Å². The average molecular weight is 547 g/mol. The van der Waals surface area contributed by atoms with Crippen molar-refractivity contribution in [3.63, 3.8) is 0 Å². The topological polar surface area (TPSA) is 87.0 Å². The van der Waals surface area contributed by atoms with Gasteiger partial charge in [-0.1, -0.05) is 155 Å². The molecule has 0 aliphatic carbocycles. The summed E-state index contributed by atoms with van der Waals surface area (Å²) < 4.78 is 5.82. The van der Waals surface area contributed by atoms with Crippen LogP contribution in [-0.2, 0) is 9.53 Å². The summed E-state index contributed by atoms with van der Waals surface area (Å²) in [6.45, 7) is 9.06. The van der Waals surface area contributed by atoms with Gasteiger partial charge in [0.2, 0.25) is 0 Å². The van der Waals surface area contributed by atoms with E-state index in [2.05, 4.69) is 13.8 Å². The molecule has 5 nitrogen and oxygen atoms in total. The lowest BCUT2D eigenvalue weighted by atomic mass is 10.1. The second kappa shape index (κ2) is 40.8. The van der Waals surface area contributed by atoms with Gasteiger partial charge in [-0.25, -0.2) is 0 Å². The van der Waals surface area contributed by atoms with Gasteiger partial charge in [0.15, 0.2) is 0 Å². The highest BCUT2D eigenvalue weighted by Gasteiger charge is 1.96. The number of unbranched alkanes of at least 4 members (excludes halogenated alkanes) is 22. The molecule has 0 rings (SSSR count). The first-order valence-corrected chi connectivity index (χ1v) is 16.5. The molecule has 0 saturated heterocycles. The van der Waals surface area contributed by atoms with Gasteiger partial charge in [-0.05, 0) is 19.8 Å². The minimum absolute atomic E-state index is 0.139. The quantitative estimate of drug-likeness (QED) is 0.0892. The number of carboxylic acid groups (broad SMARTS) is 1. The van der Waals surface area contributed by atoms with Crippen LogP contribution in [0.25, 0.3) is 0 Å². The molecular formula is C33H70O5. The highest BCUT2D eigenvalue weighted by atomic mass is 16.5. The van der Waals surface area contributed by atoms with Gasteiger partial charge in [0.25, 0.3) is 5.97 Å². The van der Waals surface area contributed by atoms with E-state index >= 15 is 0 Å². The van der Waals surface area contributed by atoms with Crippen molar-refractivity contribution >= 4 is 5.97 Å². The SMILES string of the molecule is CC(=O)O.CC(O)CO.CCCCCCCCCCCCCCOCCCCCCCCCCCCCC. The summed E-state index contributed by atoms with van der Waals surface area (Å²) in [4.78, 5) is 9.00. The molecule has 3 N–H and O–H groups in total. The molecule has 0 aromatic heterocycles. The summed E-state index contributed by atoms with van der Waals surface area (Å²) in [5.74, 6) is -0.833. The fraction of sp³-hybridized carbons (Fsp3) is 0.970. The summed E-state index contributed by atoms with van der Waals surface area (Å²) in [7, 11) is 0. The highest BCUT2D eigenvalue weighted by molar-refractivity contribution is 5.62. The Hall–Kier alpha value is -0.650. The number of aliphatic hydroxyl groups excluding tert-OH is 2. The third-order valence-corrected chi connectivity index (χ3v) is 6.55. The van der Waals surface area contributed by atoms with Gasteiger partial charge in [-0.15, -0.1) is 0 Å². The van der Waals surface area contributed by atoms with Gasteiger partial charge >= 0.3 is 0 Å². The maximum absolute atomic E-state index is 9.00. The summed E-state index contributed by atoms with van der Waals surface area (Å²) in [5, 5.41) is 23.4. The summed E-state index contributed by atoms with van der Waals surface area (Å²) >= 11 is 0. The zero-order valence-electron chi connectivity index (χ0n) is 26.3. The van der Waals surface area contributed by atoms with E-state index in [4.69, 9.17) is 24.9 Å². The Bertz CT molecular complexity index is 371. The molecular weight excluding hydrogens is 476 g/mol. The van der Waals surface area contributed by atoms with Gasteiger partial charge in [0, 0.05) is 20.1 Å². The minimum atomic E-state index is -0.833. The molecule has 38 heavy (non-hydrogen) atoms. The van der Waals surface area contributed by atoms with E-state index in [1.54, 1.807) is 0 Å². The van der Waals surface area contributed by atoms with E-state index in [-0.39, 0.29) is 6.61 Å². The van der Waals surface area contributed by atoms with E-state index < -0.39 is 12.1 Å². The van der Waals surface area contributed by atoms with Crippen molar-refractivity contribution in [2.75, 3.05) is 19.8 Å². The normalized spacial score (nSPS) is 11.3. The van der Waals surface area contributed by atoms with Crippen LogP contribution in [0.15, 0.2) is 0 Å². The number of rotatable bonds is 27. The summed E-state index contributed by atoms with van der Waals surface area (Å²) in [6, 6.07) is 0. The first-order valence-electron chi connectivity index (χ1n) is 16.5. The van der Waals surface area contributed by atoms with E-state index in [0.29, 0.717) is 0 Å². The zero-order chi connectivity index (χ0) is 29.0. The molecule has 0 aromatic carbocycles. The fourth-order valence-electron chi connectivity index (χ4n) is 4.19. The number of hydrogen-bond donors (Lipinski definition) is 3. The van der Waals surface area contributed by atoms with Crippen LogP contribution in [-0.4, -0.2) is 47.2 Å². The Balaban J connectivity index is -0.00000116. The Morgan fingerprint density at radius 1 is 0.553 bits per heavy atom. The van der Waals surface area contributed by atoms with Crippen molar-refractivity contribution in [1.29, 1.82) is 0 Å². The monoisotopic (exact) mass is 547 g/mol. The molecule has 5 heteroatoms. The number of aliphatic carboxylic acids is 1. The molecule has 0 aliphatic rings. The summed E-state index contributed by atoms with van der Waals surface area (Å²) in [5.41, 5.74) is 0. The van der Waals surface area contributed by atoms with Crippen LogP contribution in [0.2, 0.25) is 0 Å². The lowest BCUT2D eigenvalue weighted by Crippen LogP contribution is -2.03. The molecule has 232 valence electrons. The molecule has 0 fully saturated rings. The van der Waals surface area contributed by atoms with Gasteiger partial charge in [0.1, 0.15) is 0 Å². The molecule has 0 aromatic rings. The van der Waals surface area contributed by atoms with Crippen molar-refractivity contribution in [2.24, 2.45) is 0 Å². The molecule has 1 atom stereocenters. The van der Waals surface area contributed by atoms with E-state index in [1.165, 1.54) is 161 Å². The third-order valence-electron chi connectivity index (χ3n) is 6.55. The number of ether oxygens (including phenoxy) is 1. The predicted octanol–water partition coefficient (Wildman–Crippen LogP) is 9.86. The van der Waals surface area contributed by atoms with Gasteiger partial charge < -0.3 is 20.1 Å². The van der Waals surface area contributed by atoms with E-state index in [9.17, 15) is 0 Å². The molecule has 0 spiro atoms. The Morgan fingerprint density at radius 3 is 0.921 bits per heavy atom. The molecule has 0 saturated carbocycles. The largest absolute Gasteiger partial charge is 0.481 e. The van der Waals surface area contributed by atoms with Crippen LogP contribution < -0.4 is 0 Å². The van der Waals surface area contributed by atoms with Crippen LogP contribution in [0.3, 0.4) is 0 Å². The van der Waals surface area contributed by atoms with Crippen molar-refractivity contribution < 1.29 is 24.9 Å². The second-order valence-corrected chi connectivity index (χ2v) is 10.9. The van der Waals surface area contributed by atoms with Crippen LogP contribution in [0.1, 0.15) is 182 Å². The molecule has 0 radical (unpaired) electrons. The third kappa shape index (κ3) is 55.8. The summed E-state index contributed by atoms with van der Waals surface area (Å²) in [6.07, 6.45) is 33.5. The lowest BCUT2D eigenvalue weighted by Gasteiger charge is -2.05. The fourth-order valence-corrected chi connectivity index (χ4v) is 4.19. The highest BCUT2D eigenvalue weighted by Crippen LogP contribution is 2.13. The first kappa shape index (κ1) is 41.8. The maximum Gasteiger partial charge on any atom is 0.300 e. The van der Waals surface area contributed by atoms with Gasteiger partial charge in [-0.2, -0.15) is 0 Å². The van der Waals surface area contributed by atoms with Crippen LogP contribution in [0.4, 0.5) is 0 Å². The predicted molar refractivity (Wildman–Crippen MR) is 165 cm³/mol. The second-order valence-electron chi connectivity index (χ2n) is 10.9. The molecule has 0 amide bonds. The van der Waals surface area contributed by atoms with Crippen molar-refractivity contribution in [3.05, 3.63) is 0 Å². The van der Waals surface area contributed by atoms with Gasteiger partial charge in [0.05, 0.1) is 12.7 Å². The van der Waals surface area contributed by atoms with Crippen LogP contribution in [0, 0.1) is 0 Å². The number of carbonyl (C=O) groups is 1. The van der Waals surface area contributed by atoms with Gasteiger partial charge in [-0.3, -0.25) is 4.79 Å². The van der Waals surface area contributed by atoms with Crippen molar-refractivity contribution in [2.45, 2.75) is 188 Å². The number of aliphatic hydroxyl groups is 2. The van der Waals surface area contributed by atoms with Crippen molar-refractivity contribution in [3.8, 4) is 0 Å². The van der Waals surface area contributed by atoms with E-state index in [1.807, 2.05) is 0 Å². The minimum Gasteiger partial charge on any atom is -0.481 e. The first-order chi connectivity index (χ1) is 18.4. The van der Waals surface area contributed by atoms with Crippen LogP contribution >= 0.6 is 0 Å². The lowest BCUT2D eigenvalue weighted by molar-refractivity contribution is -0.134. The molecule has 1 unspecified atom stereocenters. The molecule has 0 heterocycles. The molecule has 0 bridgehead atoms.